The lowest BCUT2D eigenvalue weighted by Crippen LogP contribution is -2.02. The number of nitrogens with two attached hydrogens (primary N) is 1. The lowest BCUT2D eigenvalue weighted by molar-refractivity contribution is 0.152. The van der Waals surface area contributed by atoms with Crippen molar-refractivity contribution in [3.8, 4) is 6.07 Å². The smallest absolute Gasteiger partial charge is 0.267 e. The summed E-state index contributed by atoms with van der Waals surface area (Å²) in [6.45, 7) is 1.55. The molecule has 3 nitrogen and oxygen atoms in total. The number of nitrogen functional groups attached to an aromatic ring is 1. The maximum atomic E-state index is 12.2. The average Bonchev–Trinajstić information content (AvgIpc) is 2.04. The summed E-state index contributed by atoms with van der Waals surface area (Å²) in [5.74, 6) is 0. The van der Waals surface area contributed by atoms with Crippen LogP contribution in [0.1, 0.15) is 23.2 Å². The van der Waals surface area contributed by atoms with E-state index in [0.29, 0.717) is 5.69 Å². The molecular weight excluding hydrogens is 176 g/mol. The highest BCUT2D eigenvalue weighted by Gasteiger charge is 2.16. The van der Waals surface area contributed by atoms with Gasteiger partial charge in [0.2, 0.25) is 0 Å². The Kier molecular flexibility index (Phi) is 2.42. The molecule has 2 N–H and O–H groups in total. The summed E-state index contributed by atoms with van der Waals surface area (Å²) < 4.78 is 24.5. The van der Waals surface area contributed by atoms with Crippen molar-refractivity contribution in [1.82, 2.24) is 4.98 Å². The number of pyridine rings is 1. The Bertz CT molecular complexity index is 368. The average molecular weight is 183 g/mol. The molecule has 0 saturated heterocycles. The number of aryl methyl sites for hydroxylation is 1. The molecule has 13 heavy (non-hydrogen) atoms. The molecule has 1 aromatic heterocycles. The molecule has 0 atom stereocenters. The highest BCUT2D eigenvalue weighted by Crippen LogP contribution is 2.27. The molecule has 1 aromatic rings. The van der Waals surface area contributed by atoms with Crippen LogP contribution in [0.5, 0.6) is 0 Å². The first-order chi connectivity index (χ1) is 6.07. The molecule has 0 fully saturated rings. The van der Waals surface area contributed by atoms with Crippen molar-refractivity contribution in [2.45, 2.75) is 13.3 Å². The molecule has 0 unspecified atom stereocenters. The van der Waals surface area contributed by atoms with E-state index in [0.717, 1.165) is 6.20 Å². The molecule has 1 heterocycles. The largest absolute Gasteiger partial charge is 0.397 e. The molecule has 5 heteroatoms. The first-order valence-electron chi connectivity index (χ1n) is 3.51. The van der Waals surface area contributed by atoms with E-state index in [9.17, 15) is 8.78 Å². The number of nitrogens with zero attached hydrogens (tertiary/aromatic N) is 2. The fourth-order valence-electron chi connectivity index (χ4n) is 0.955. The maximum Gasteiger partial charge on any atom is 0.267 e. The van der Waals surface area contributed by atoms with Crippen LogP contribution in [0, 0.1) is 18.3 Å². The summed E-state index contributed by atoms with van der Waals surface area (Å²) in [5, 5.41) is 8.59. The number of aromatic nitrogens is 1. The molecule has 0 aliphatic rings. The molecule has 0 aromatic carbocycles. The molecule has 0 aliphatic heterocycles. The van der Waals surface area contributed by atoms with Crippen molar-refractivity contribution in [2.24, 2.45) is 0 Å². The highest BCUT2D eigenvalue weighted by atomic mass is 19.3. The predicted molar refractivity (Wildman–Crippen MR) is 43.1 cm³/mol. The monoisotopic (exact) mass is 183 g/mol. The van der Waals surface area contributed by atoms with E-state index in [1.807, 2.05) is 0 Å². The van der Waals surface area contributed by atoms with Crippen LogP contribution in [0.15, 0.2) is 6.20 Å². The van der Waals surface area contributed by atoms with Gasteiger partial charge >= 0.3 is 0 Å². The topological polar surface area (TPSA) is 62.7 Å². The number of hydrogen-bond acceptors (Lipinski definition) is 3. The van der Waals surface area contributed by atoms with Gasteiger partial charge in [0.15, 0.2) is 0 Å². The van der Waals surface area contributed by atoms with Gasteiger partial charge < -0.3 is 5.73 Å². The van der Waals surface area contributed by atoms with Gasteiger partial charge in [-0.1, -0.05) is 0 Å². The summed E-state index contributed by atoms with van der Waals surface area (Å²) in [7, 11) is 0. The lowest BCUT2D eigenvalue weighted by Gasteiger charge is -2.06. The third kappa shape index (κ3) is 1.56. The van der Waals surface area contributed by atoms with Crippen LogP contribution in [0.25, 0.3) is 0 Å². The second-order valence-electron chi connectivity index (χ2n) is 2.50. The zero-order valence-corrected chi connectivity index (χ0v) is 6.88. The van der Waals surface area contributed by atoms with Crippen LogP contribution in [0.2, 0.25) is 0 Å². The second kappa shape index (κ2) is 3.35. The van der Waals surface area contributed by atoms with Crippen LogP contribution in [0.4, 0.5) is 14.5 Å². The molecular formula is C8H7F2N3. The van der Waals surface area contributed by atoms with Gasteiger partial charge in [-0.3, -0.25) is 4.98 Å². The quantitative estimate of drug-likeness (QED) is 0.721. The number of halogens is 2. The summed E-state index contributed by atoms with van der Waals surface area (Å²) in [4.78, 5) is 3.65. The summed E-state index contributed by atoms with van der Waals surface area (Å²) in [6.07, 6.45) is -1.70. The number of alkyl halides is 2. The van der Waals surface area contributed by atoms with Gasteiger partial charge in [0.25, 0.3) is 6.43 Å². The molecule has 0 amide bonds. The standard InChI is InChI=1S/C8H7F2N3/c1-4-5(2-11)7(12)6(3-13-4)8(9)10/h3,8H,1H3,(H2,12,13). The van der Waals surface area contributed by atoms with E-state index in [-0.39, 0.29) is 16.8 Å². The number of nitriles is 1. The first kappa shape index (κ1) is 9.39. The minimum absolute atomic E-state index is 0.0257. The van der Waals surface area contributed by atoms with E-state index in [2.05, 4.69) is 4.98 Å². The summed E-state index contributed by atoms with van der Waals surface area (Å²) >= 11 is 0. The molecule has 0 saturated carbocycles. The minimum Gasteiger partial charge on any atom is -0.397 e. The van der Waals surface area contributed by atoms with Crippen molar-refractivity contribution in [2.75, 3.05) is 5.73 Å². The minimum atomic E-state index is -2.69. The Morgan fingerprint density at radius 2 is 2.23 bits per heavy atom. The highest BCUT2D eigenvalue weighted by molar-refractivity contribution is 5.60. The summed E-state index contributed by atoms with van der Waals surface area (Å²) in [5.41, 5.74) is 5.18. The van der Waals surface area contributed by atoms with E-state index in [1.54, 1.807) is 13.0 Å². The first-order valence-corrected chi connectivity index (χ1v) is 3.51. The Labute approximate surface area is 73.8 Å². The lowest BCUT2D eigenvalue weighted by atomic mass is 10.1. The third-order valence-electron chi connectivity index (χ3n) is 1.69. The van der Waals surface area contributed by atoms with Crippen molar-refractivity contribution < 1.29 is 8.78 Å². The zero-order valence-electron chi connectivity index (χ0n) is 6.88. The fraction of sp³-hybridized carbons (Fsp3) is 0.250. The maximum absolute atomic E-state index is 12.2. The molecule has 0 spiro atoms. The van der Waals surface area contributed by atoms with Crippen LogP contribution in [0.3, 0.4) is 0 Å². The number of anilines is 1. The van der Waals surface area contributed by atoms with Crippen LogP contribution in [-0.2, 0) is 0 Å². The van der Waals surface area contributed by atoms with E-state index < -0.39 is 6.43 Å². The van der Waals surface area contributed by atoms with Gasteiger partial charge in [-0.25, -0.2) is 8.78 Å². The van der Waals surface area contributed by atoms with Crippen LogP contribution >= 0.6 is 0 Å². The predicted octanol–water partition coefficient (Wildman–Crippen LogP) is 1.78. The molecule has 0 bridgehead atoms. The van der Waals surface area contributed by atoms with Gasteiger partial charge in [-0.2, -0.15) is 5.26 Å². The van der Waals surface area contributed by atoms with Gasteiger partial charge in [0.1, 0.15) is 6.07 Å². The number of rotatable bonds is 1. The van der Waals surface area contributed by atoms with Crippen molar-refractivity contribution in [3.05, 3.63) is 23.0 Å². The molecule has 0 aliphatic carbocycles. The Balaban J connectivity index is 3.38. The normalized spacial score (nSPS) is 10.1. The van der Waals surface area contributed by atoms with Gasteiger partial charge in [0, 0.05) is 6.20 Å². The van der Waals surface area contributed by atoms with E-state index in [4.69, 9.17) is 11.0 Å². The van der Waals surface area contributed by atoms with E-state index >= 15 is 0 Å². The Hall–Kier alpha value is -1.70. The van der Waals surface area contributed by atoms with Crippen molar-refractivity contribution in [1.29, 1.82) is 5.26 Å². The van der Waals surface area contributed by atoms with E-state index in [1.165, 1.54) is 0 Å². The zero-order chi connectivity index (χ0) is 10.0. The van der Waals surface area contributed by atoms with Gasteiger partial charge in [0.05, 0.1) is 22.5 Å². The molecule has 1 rings (SSSR count). The SMILES string of the molecule is Cc1ncc(C(F)F)c(N)c1C#N. The second-order valence-corrected chi connectivity index (χ2v) is 2.50. The van der Waals surface area contributed by atoms with Gasteiger partial charge in [-0.05, 0) is 6.92 Å². The van der Waals surface area contributed by atoms with Gasteiger partial charge in [-0.15, -0.1) is 0 Å². The fourth-order valence-corrected chi connectivity index (χ4v) is 0.955. The third-order valence-corrected chi connectivity index (χ3v) is 1.69. The Morgan fingerprint density at radius 1 is 1.62 bits per heavy atom. The van der Waals surface area contributed by atoms with Crippen molar-refractivity contribution >= 4 is 5.69 Å². The number of hydrogen-bond donors (Lipinski definition) is 1. The van der Waals surface area contributed by atoms with Crippen LogP contribution < -0.4 is 5.73 Å². The van der Waals surface area contributed by atoms with Crippen LogP contribution in [-0.4, -0.2) is 4.98 Å². The summed E-state index contributed by atoms with van der Waals surface area (Å²) in [6, 6.07) is 1.74. The molecule has 0 radical (unpaired) electrons. The Morgan fingerprint density at radius 3 is 2.69 bits per heavy atom. The van der Waals surface area contributed by atoms with Crippen molar-refractivity contribution in [3.63, 3.8) is 0 Å². The molecule has 68 valence electrons.